The van der Waals surface area contributed by atoms with E-state index in [1.54, 1.807) is 18.5 Å². The van der Waals surface area contributed by atoms with E-state index in [4.69, 9.17) is 5.73 Å². The van der Waals surface area contributed by atoms with Crippen molar-refractivity contribution >= 4 is 10.9 Å². The topological polar surface area (TPSA) is 71.8 Å². The lowest BCUT2D eigenvalue weighted by Crippen LogP contribution is -2.14. The number of nitrogens with one attached hydrogen (secondary N) is 1. The van der Waals surface area contributed by atoms with Crippen LogP contribution < -0.4 is 11.2 Å². The first-order valence-electron chi connectivity index (χ1n) is 8.58. The standard InChI is InChI=1S/C22H19N3O/c23-19(12-15-4-2-1-3-5-15)21-14-17(8-10-25-21)16-6-7-20-18(13-16)22(26)9-11-24-20/h1-11,13-14,19H,12,23H2,(H,24,26). The Balaban J connectivity index is 1.67. The summed E-state index contributed by atoms with van der Waals surface area (Å²) in [6, 6.07) is 21.3. The Kier molecular flexibility index (Phi) is 4.33. The van der Waals surface area contributed by atoms with E-state index in [1.807, 2.05) is 48.5 Å². The van der Waals surface area contributed by atoms with Crippen LogP contribution in [0.15, 0.2) is 83.9 Å². The van der Waals surface area contributed by atoms with E-state index in [1.165, 1.54) is 5.56 Å². The summed E-state index contributed by atoms with van der Waals surface area (Å²) in [5, 5.41) is 0.678. The lowest BCUT2D eigenvalue weighted by atomic mass is 9.99. The zero-order valence-corrected chi connectivity index (χ0v) is 14.2. The molecule has 0 radical (unpaired) electrons. The molecule has 4 rings (SSSR count). The van der Waals surface area contributed by atoms with Gasteiger partial charge in [-0.1, -0.05) is 36.4 Å². The number of rotatable bonds is 4. The molecule has 26 heavy (non-hydrogen) atoms. The molecule has 2 aromatic carbocycles. The second kappa shape index (κ2) is 6.94. The van der Waals surface area contributed by atoms with E-state index in [0.717, 1.165) is 28.8 Å². The van der Waals surface area contributed by atoms with Crippen LogP contribution in [0.25, 0.3) is 22.0 Å². The Labute approximate surface area is 151 Å². The first-order valence-corrected chi connectivity index (χ1v) is 8.58. The molecular weight excluding hydrogens is 322 g/mol. The van der Waals surface area contributed by atoms with Crippen LogP contribution in [0, 0.1) is 0 Å². The monoisotopic (exact) mass is 341 g/mol. The third kappa shape index (κ3) is 3.27. The SMILES string of the molecule is NC(Cc1ccccc1)c1cc(-c2ccc3[nH]ccc(=O)c3c2)ccn1. The molecule has 0 amide bonds. The molecule has 3 N–H and O–H groups in total. The van der Waals surface area contributed by atoms with Crippen molar-refractivity contribution in [2.24, 2.45) is 5.73 Å². The van der Waals surface area contributed by atoms with Gasteiger partial charge in [0.25, 0.3) is 0 Å². The molecule has 128 valence electrons. The number of hydrogen-bond donors (Lipinski definition) is 2. The van der Waals surface area contributed by atoms with Crippen LogP contribution in [-0.4, -0.2) is 9.97 Å². The number of benzene rings is 2. The highest BCUT2D eigenvalue weighted by molar-refractivity contribution is 5.84. The van der Waals surface area contributed by atoms with Crippen molar-refractivity contribution in [3.8, 4) is 11.1 Å². The molecule has 0 aliphatic carbocycles. The summed E-state index contributed by atoms with van der Waals surface area (Å²) in [4.78, 5) is 19.6. The molecule has 0 aliphatic heterocycles. The third-order valence-corrected chi connectivity index (χ3v) is 4.55. The first kappa shape index (κ1) is 16.2. The van der Waals surface area contributed by atoms with E-state index in [9.17, 15) is 4.79 Å². The van der Waals surface area contributed by atoms with Crippen molar-refractivity contribution in [1.29, 1.82) is 0 Å². The van der Waals surface area contributed by atoms with Crippen LogP contribution in [-0.2, 0) is 6.42 Å². The van der Waals surface area contributed by atoms with Crippen molar-refractivity contribution in [2.45, 2.75) is 12.5 Å². The van der Waals surface area contributed by atoms with Gasteiger partial charge in [0, 0.05) is 29.4 Å². The van der Waals surface area contributed by atoms with Gasteiger partial charge in [0.1, 0.15) is 0 Å². The fourth-order valence-electron chi connectivity index (χ4n) is 3.15. The lowest BCUT2D eigenvalue weighted by Gasteiger charge is -2.13. The highest BCUT2D eigenvalue weighted by Gasteiger charge is 2.10. The highest BCUT2D eigenvalue weighted by Crippen LogP contribution is 2.24. The summed E-state index contributed by atoms with van der Waals surface area (Å²) in [6.07, 6.45) is 4.17. The van der Waals surface area contributed by atoms with E-state index in [0.29, 0.717) is 5.39 Å². The van der Waals surface area contributed by atoms with Crippen molar-refractivity contribution in [1.82, 2.24) is 9.97 Å². The Morgan fingerprint density at radius 1 is 0.962 bits per heavy atom. The molecule has 2 heterocycles. The Morgan fingerprint density at radius 3 is 2.62 bits per heavy atom. The van der Waals surface area contributed by atoms with E-state index >= 15 is 0 Å². The number of nitrogens with two attached hydrogens (primary N) is 1. The molecule has 1 unspecified atom stereocenters. The summed E-state index contributed by atoms with van der Waals surface area (Å²) in [7, 11) is 0. The van der Waals surface area contributed by atoms with E-state index < -0.39 is 0 Å². The van der Waals surface area contributed by atoms with Gasteiger partial charge in [-0.15, -0.1) is 0 Å². The summed E-state index contributed by atoms with van der Waals surface area (Å²) in [6.45, 7) is 0. The van der Waals surface area contributed by atoms with Crippen LogP contribution in [0.5, 0.6) is 0 Å². The zero-order chi connectivity index (χ0) is 17.9. The average Bonchev–Trinajstić information content (AvgIpc) is 2.69. The van der Waals surface area contributed by atoms with Gasteiger partial charge < -0.3 is 10.7 Å². The van der Waals surface area contributed by atoms with Gasteiger partial charge in [0.05, 0.1) is 11.7 Å². The van der Waals surface area contributed by atoms with Crippen LogP contribution in [0.2, 0.25) is 0 Å². The minimum Gasteiger partial charge on any atom is -0.361 e. The second-order valence-electron chi connectivity index (χ2n) is 6.37. The molecule has 4 nitrogen and oxygen atoms in total. The normalized spacial score (nSPS) is 12.2. The number of aromatic nitrogens is 2. The molecule has 0 aliphatic rings. The molecule has 0 bridgehead atoms. The fourth-order valence-corrected chi connectivity index (χ4v) is 3.15. The number of fused-ring (bicyclic) bond motifs is 1. The summed E-state index contributed by atoms with van der Waals surface area (Å²) in [5.74, 6) is 0. The van der Waals surface area contributed by atoms with Crippen molar-refractivity contribution < 1.29 is 0 Å². The Morgan fingerprint density at radius 2 is 1.77 bits per heavy atom. The molecule has 4 heteroatoms. The van der Waals surface area contributed by atoms with Gasteiger partial charge in [0.2, 0.25) is 0 Å². The lowest BCUT2D eigenvalue weighted by molar-refractivity contribution is 0.697. The molecule has 2 aromatic heterocycles. The second-order valence-corrected chi connectivity index (χ2v) is 6.37. The van der Waals surface area contributed by atoms with Gasteiger partial charge in [0.15, 0.2) is 5.43 Å². The first-order chi connectivity index (χ1) is 12.7. The van der Waals surface area contributed by atoms with E-state index in [2.05, 4.69) is 22.1 Å². The number of nitrogens with zero attached hydrogens (tertiary/aromatic N) is 1. The third-order valence-electron chi connectivity index (χ3n) is 4.55. The number of H-pyrrole nitrogens is 1. The quantitative estimate of drug-likeness (QED) is 0.592. The van der Waals surface area contributed by atoms with Crippen molar-refractivity contribution in [2.75, 3.05) is 0 Å². The predicted octanol–water partition coefficient (Wildman–Crippen LogP) is 3.83. The molecule has 4 aromatic rings. The summed E-state index contributed by atoms with van der Waals surface area (Å²) < 4.78 is 0. The van der Waals surface area contributed by atoms with Crippen LogP contribution >= 0.6 is 0 Å². The predicted molar refractivity (Wildman–Crippen MR) is 105 cm³/mol. The minimum atomic E-state index is -0.179. The van der Waals surface area contributed by atoms with Crippen molar-refractivity contribution in [3.63, 3.8) is 0 Å². The van der Waals surface area contributed by atoms with E-state index in [-0.39, 0.29) is 11.5 Å². The van der Waals surface area contributed by atoms with Gasteiger partial charge in [-0.3, -0.25) is 9.78 Å². The number of hydrogen-bond acceptors (Lipinski definition) is 3. The maximum atomic E-state index is 12.1. The van der Waals surface area contributed by atoms with Gasteiger partial charge >= 0.3 is 0 Å². The molecule has 0 saturated heterocycles. The van der Waals surface area contributed by atoms with Gasteiger partial charge in [-0.2, -0.15) is 0 Å². The Bertz CT molecular complexity index is 1100. The average molecular weight is 341 g/mol. The molecule has 0 saturated carbocycles. The van der Waals surface area contributed by atoms with Gasteiger partial charge in [-0.05, 0) is 47.4 Å². The largest absolute Gasteiger partial charge is 0.361 e. The maximum absolute atomic E-state index is 12.1. The van der Waals surface area contributed by atoms with Crippen LogP contribution in [0.4, 0.5) is 0 Å². The molecule has 1 atom stereocenters. The number of pyridine rings is 2. The zero-order valence-electron chi connectivity index (χ0n) is 14.2. The summed E-state index contributed by atoms with van der Waals surface area (Å²) in [5.41, 5.74) is 11.2. The van der Waals surface area contributed by atoms with Crippen LogP contribution in [0.3, 0.4) is 0 Å². The fraction of sp³-hybridized carbons (Fsp3) is 0.0909. The maximum Gasteiger partial charge on any atom is 0.189 e. The summed E-state index contributed by atoms with van der Waals surface area (Å²) >= 11 is 0. The Hall–Kier alpha value is -3.24. The molecule has 0 spiro atoms. The number of aromatic amines is 1. The highest BCUT2D eigenvalue weighted by atomic mass is 16.1. The minimum absolute atomic E-state index is 0.00987. The van der Waals surface area contributed by atoms with Crippen molar-refractivity contribution in [3.05, 3.63) is 101 Å². The molecule has 0 fully saturated rings. The smallest absolute Gasteiger partial charge is 0.189 e. The van der Waals surface area contributed by atoms with Gasteiger partial charge in [-0.25, -0.2) is 0 Å². The van der Waals surface area contributed by atoms with Crippen LogP contribution in [0.1, 0.15) is 17.3 Å². The molecular formula is C22H19N3O.